The monoisotopic (exact) mass is 400 g/mol. The van der Waals surface area contributed by atoms with E-state index in [-0.39, 0.29) is 11.8 Å². The van der Waals surface area contributed by atoms with Gasteiger partial charge in [0.25, 0.3) is 0 Å². The summed E-state index contributed by atoms with van der Waals surface area (Å²) in [7, 11) is -3.52. The summed E-state index contributed by atoms with van der Waals surface area (Å²) in [6.45, 7) is 8.55. The van der Waals surface area contributed by atoms with Crippen LogP contribution in [0.5, 0.6) is 0 Å². The van der Waals surface area contributed by atoms with Crippen LogP contribution < -0.4 is 5.32 Å². The molecule has 2 aromatic carbocycles. The van der Waals surface area contributed by atoms with Gasteiger partial charge >= 0.3 is 0 Å². The second kappa shape index (κ2) is 8.05. The first-order chi connectivity index (χ1) is 13.2. The topological polar surface area (TPSA) is 66.5 Å². The second-order valence-electron chi connectivity index (χ2n) is 7.68. The van der Waals surface area contributed by atoms with Crippen LogP contribution >= 0.6 is 0 Å². The highest BCUT2D eigenvalue weighted by Gasteiger charge is 2.32. The van der Waals surface area contributed by atoms with Crippen LogP contribution in [0.2, 0.25) is 0 Å². The van der Waals surface area contributed by atoms with E-state index in [4.69, 9.17) is 0 Å². The Morgan fingerprint density at radius 2 is 1.54 bits per heavy atom. The zero-order chi connectivity index (χ0) is 20.5. The lowest BCUT2D eigenvalue weighted by Crippen LogP contribution is -2.41. The van der Waals surface area contributed by atoms with Crippen molar-refractivity contribution < 1.29 is 13.2 Å². The van der Waals surface area contributed by atoms with Crippen LogP contribution in [0, 0.1) is 33.6 Å². The SMILES string of the molecule is Cc1ccc(S(=O)(=O)N2CCC(C(=O)Nc3c(C)cccc3C)CC2)cc1C. The number of hydrogen-bond acceptors (Lipinski definition) is 3. The van der Waals surface area contributed by atoms with E-state index in [2.05, 4.69) is 5.32 Å². The van der Waals surface area contributed by atoms with Gasteiger partial charge < -0.3 is 5.32 Å². The molecule has 0 radical (unpaired) electrons. The first-order valence-electron chi connectivity index (χ1n) is 9.64. The fraction of sp³-hybridized carbons (Fsp3) is 0.409. The van der Waals surface area contributed by atoms with Crippen molar-refractivity contribution in [3.05, 3.63) is 58.7 Å². The number of hydrogen-bond donors (Lipinski definition) is 1. The number of carbonyl (C=O) groups excluding carboxylic acids is 1. The van der Waals surface area contributed by atoms with E-state index in [1.165, 1.54) is 4.31 Å². The third-order valence-electron chi connectivity index (χ3n) is 5.67. The zero-order valence-corrected chi connectivity index (χ0v) is 17.8. The standard InChI is InChI=1S/C22H28N2O3S/c1-15-8-9-20(14-18(15)4)28(26,27)24-12-10-19(11-13-24)22(25)23-21-16(2)6-5-7-17(21)3/h5-9,14,19H,10-13H2,1-4H3,(H,23,25). The van der Waals surface area contributed by atoms with E-state index < -0.39 is 10.0 Å². The number of amides is 1. The van der Waals surface area contributed by atoms with Crippen LogP contribution in [-0.4, -0.2) is 31.7 Å². The van der Waals surface area contributed by atoms with Gasteiger partial charge in [-0.1, -0.05) is 24.3 Å². The predicted octanol–water partition coefficient (Wildman–Crippen LogP) is 3.96. The Kier molecular flexibility index (Phi) is 5.91. The number of nitrogens with one attached hydrogen (secondary N) is 1. The lowest BCUT2D eigenvalue weighted by Gasteiger charge is -2.31. The van der Waals surface area contributed by atoms with E-state index in [1.807, 2.05) is 52.0 Å². The van der Waals surface area contributed by atoms with Gasteiger partial charge in [0.05, 0.1) is 4.90 Å². The van der Waals surface area contributed by atoms with Gasteiger partial charge in [-0.25, -0.2) is 8.42 Å². The highest BCUT2D eigenvalue weighted by atomic mass is 32.2. The van der Waals surface area contributed by atoms with Gasteiger partial charge in [0.1, 0.15) is 0 Å². The van der Waals surface area contributed by atoms with E-state index in [1.54, 1.807) is 12.1 Å². The molecule has 0 unspecified atom stereocenters. The van der Waals surface area contributed by atoms with Crippen molar-refractivity contribution in [2.24, 2.45) is 5.92 Å². The molecule has 1 N–H and O–H groups in total. The van der Waals surface area contributed by atoms with Gasteiger partial charge in [0.2, 0.25) is 15.9 Å². The molecule has 0 saturated carbocycles. The smallest absolute Gasteiger partial charge is 0.243 e. The predicted molar refractivity (Wildman–Crippen MR) is 112 cm³/mol. The molecule has 1 fully saturated rings. The summed E-state index contributed by atoms with van der Waals surface area (Å²) in [4.78, 5) is 13.0. The van der Waals surface area contributed by atoms with Crippen molar-refractivity contribution in [3.8, 4) is 0 Å². The molecule has 0 bridgehead atoms. The fourth-order valence-corrected chi connectivity index (χ4v) is 5.17. The molecular formula is C22H28N2O3S. The zero-order valence-electron chi connectivity index (χ0n) is 17.0. The maximum atomic E-state index is 12.9. The molecule has 1 saturated heterocycles. The van der Waals surface area contributed by atoms with Crippen LogP contribution in [0.15, 0.2) is 41.3 Å². The second-order valence-corrected chi connectivity index (χ2v) is 9.62. The molecule has 1 aliphatic rings. The highest BCUT2D eigenvalue weighted by Crippen LogP contribution is 2.27. The fourth-order valence-electron chi connectivity index (χ4n) is 3.62. The minimum atomic E-state index is -3.52. The number of piperidine rings is 1. The molecule has 3 rings (SSSR count). The highest BCUT2D eigenvalue weighted by molar-refractivity contribution is 7.89. The molecule has 5 nitrogen and oxygen atoms in total. The summed E-state index contributed by atoms with van der Waals surface area (Å²) in [5.74, 6) is -0.203. The first kappa shape index (κ1) is 20.6. The maximum Gasteiger partial charge on any atom is 0.243 e. The molecule has 6 heteroatoms. The lowest BCUT2D eigenvalue weighted by atomic mass is 9.96. The van der Waals surface area contributed by atoms with Gasteiger partial charge in [-0.3, -0.25) is 4.79 Å². The van der Waals surface area contributed by atoms with Gasteiger partial charge in [0, 0.05) is 24.7 Å². The number of para-hydroxylation sites is 1. The molecule has 0 aromatic heterocycles. The number of sulfonamides is 1. The van der Waals surface area contributed by atoms with Gasteiger partial charge in [0.15, 0.2) is 0 Å². The molecule has 150 valence electrons. The minimum absolute atomic E-state index is 0.0272. The third-order valence-corrected chi connectivity index (χ3v) is 7.56. The Labute approximate surface area is 167 Å². The molecule has 28 heavy (non-hydrogen) atoms. The summed E-state index contributed by atoms with van der Waals surface area (Å²) in [6, 6.07) is 11.1. The number of anilines is 1. The summed E-state index contributed by atoms with van der Waals surface area (Å²) in [5, 5.41) is 3.04. The Morgan fingerprint density at radius 3 is 2.11 bits per heavy atom. The summed E-state index contributed by atoms with van der Waals surface area (Å²) in [5.41, 5.74) is 4.95. The quantitative estimate of drug-likeness (QED) is 0.845. The van der Waals surface area contributed by atoms with Crippen molar-refractivity contribution in [1.82, 2.24) is 4.31 Å². The van der Waals surface area contributed by atoms with E-state index in [9.17, 15) is 13.2 Å². The van der Waals surface area contributed by atoms with Gasteiger partial charge in [-0.15, -0.1) is 0 Å². The normalized spacial score (nSPS) is 16.1. The minimum Gasteiger partial charge on any atom is -0.325 e. The molecule has 1 heterocycles. The number of rotatable bonds is 4. The van der Waals surface area contributed by atoms with E-state index >= 15 is 0 Å². The summed E-state index contributed by atoms with van der Waals surface area (Å²) >= 11 is 0. The largest absolute Gasteiger partial charge is 0.325 e. The average Bonchev–Trinajstić information content (AvgIpc) is 2.67. The molecule has 0 spiro atoms. The Bertz CT molecular complexity index is 971. The van der Waals surface area contributed by atoms with Crippen molar-refractivity contribution >= 4 is 21.6 Å². The number of carbonyl (C=O) groups is 1. The van der Waals surface area contributed by atoms with Crippen LogP contribution in [0.4, 0.5) is 5.69 Å². The van der Waals surface area contributed by atoms with E-state index in [0.717, 1.165) is 27.9 Å². The lowest BCUT2D eigenvalue weighted by molar-refractivity contribution is -0.120. The Hall–Kier alpha value is -2.18. The van der Waals surface area contributed by atoms with Crippen molar-refractivity contribution in [2.75, 3.05) is 18.4 Å². The summed E-state index contributed by atoms with van der Waals surface area (Å²) in [6.07, 6.45) is 1.06. The van der Waals surface area contributed by atoms with Crippen molar-refractivity contribution in [2.45, 2.75) is 45.4 Å². The van der Waals surface area contributed by atoms with Gasteiger partial charge in [-0.2, -0.15) is 4.31 Å². The molecule has 0 atom stereocenters. The first-order valence-corrected chi connectivity index (χ1v) is 11.1. The average molecular weight is 401 g/mol. The Balaban J connectivity index is 1.66. The van der Waals surface area contributed by atoms with Crippen LogP contribution in [0.25, 0.3) is 0 Å². The van der Waals surface area contributed by atoms with Crippen LogP contribution in [-0.2, 0) is 14.8 Å². The van der Waals surface area contributed by atoms with Crippen LogP contribution in [0.3, 0.4) is 0 Å². The molecule has 2 aromatic rings. The molecular weight excluding hydrogens is 372 g/mol. The van der Waals surface area contributed by atoms with E-state index in [0.29, 0.717) is 30.8 Å². The molecule has 1 amide bonds. The number of aryl methyl sites for hydroxylation is 4. The van der Waals surface area contributed by atoms with Crippen molar-refractivity contribution in [3.63, 3.8) is 0 Å². The maximum absolute atomic E-state index is 12.9. The third kappa shape index (κ3) is 4.13. The van der Waals surface area contributed by atoms with Crippen molar-refractivity contribution in [1.29, 1.82) is 0 Å². The summed E-state index contributed by atoms with van der Waals surface area (Å²) < 4.78 is 27.4. The molecule has 0 aliphatic carbocycles. The van der Waals surface area contributed by atoms with Crippen LogP contribution in [0.1, 0.15) is 35.1 Å². The Morgan fingerprint density at radius 1 is 0.929 bits per heavy atom. The van der Waals surface area contributed by atoms with Gasteiger partial charge in [-0.05, 0) is 74.9 Å². The number of benzene rings is 2. The number of nitrogens with zero attached hydrogens (tertiary/aromatic N) is 1. The molecule has 1 aliphatic heterocycles.